The van der Waals surface area contributed by atoms with Crippen molar-refractivity contribution in [3.63, 3.8) is 0 Å². The number of carbonyl (C=O) groups is 14. The second kappa shape index (κ2) is 43.6. The molecule has 0 saturated carbocycles. The van der Waals surface area contributed by atoms with E-state index in [-0.39, 0.29) is 83.2 Å². The van der Waals surface area contributed by atoms with Crippen molar-refractivity contribution in [2.75, 3.05) is 26.2 Å². The van der Waals surface area contributed by atoms with Gasteiger partial charge in [0.1, 0.15) is 72.2 Å². The van der Waals surface area contributed by atoms with Crippen LogP contribution in [0.2, 0.25) is 0 Å². The van der Waals surface area contributed by atoms with E-state index in [2.05, 4.69) is 63.1 Å². The lowest BCUT2D eigenvalue weighted by molar-refractivity contribution is -0.149. The van der Waals surface area contributed by atoms with Gasteiger partial charge in [0.15, 0.2) is 6.04 Å². The van der Waals surface area contributed by atoms with E-state index in [0.29, 0.717) is 55.5 Å². The molecule has 0 aliphatic carbocycles. The molecule has 5 rings (SSSR count). The minimum atomic E-state index is -1.88. The molecule has 23 N–H and O–H groups in total. The fraction of sp³-hybridized carbons (Fsp3) is 0.592. The summed E-state index contributed by atoms with van der Waals surface area (Å²) >= 11 is 0. The lowest BCUT2D eigenvalue weighted by Crippen LogP contribution is -2.62. The van der Waals surface area contributed by atoms with Crippen LogP contribution in [0.25, 0.3) is 0 Å². The van der Waals surface area contributed by atoms with Crippen molar-refractivity contribution in [3.05, 3.63) is 83.9 Å². The number of aliphatic hydroxyl groups is 3. The molecule has 37 heteroatoms. The summed E-state index contributed by atoms with van der Waals surface area (Å²) in [7, 11) is 0. The average Bonchev–Trinajstić information content (AvgIpc) is 1.63. The van der Waals surface area contributed by atoms with Crippen LogP contribution in [0.1, 0.15) is 135 Å². The summed E-state index contributed by atoms with van der Waals surface area (Å²) in [5, 5.41) is 86.2. The van der Waals surface area contributed by atoms with Gasteiger partial charge in [0.05, 0.1) is 37.1 Å². The number of phenolic OH excluding ortho intramolecular Hbond substituents is 1. The van der Waals surface area contributed by atoms with Crippen molar-refractivity contribution in [2.45, 2.75) is 235 Å². The lowest BCUT2D eigenvalue weighted by Gasteiger charge is -2.34. The topological polar surface area (TPSA) is 594 Å². The molecule has 2 fully saturated rings. The first-order valence-electron chi connectivity index (χ1n) is 36.3. The van der Waals surface area contributed by atoms with Gasteiger partial charge in [0.25, 0.3) is 0 Å². The highest BCUT2D eigenvalue weighted by Crippen LogP contribution is 2.27. The molecule has 3 aromatic rings. The van der Waals surface area contributed by atoms with E-state index < -0.39 is 192 Å². The number of aromatic amines is 1. The van der Waals surface area contributed by atoms with Crippen LogP contribution < -0.4 is 70.4 Å². The molecule has 3 heterocycles. The van der Waals surface area contributed by atoms with Crippen LogP contribution in [0, 0.1) is 5.92 Å². The molecular formula is C71H107N17O20. The fourth-order valence-corrected chi connectivity index (χ4v) is 12.4. The molecule has 0 unspecified atom stereocenters. The van der Waals surface area contributed by atoms with E-state index in [1.54, 1.807) is 44.2 Å². The third-order valence-corrected chi connectivity index (χ3v) is 18.8. The number of aromatic hydroxyl groups is 1. The van der Waals surface area contributed by atoms with Crippen LogP contribution in [-0.4, -0.2) is 256 Å². The maximum absolute atomic E-state index is 15.0. The quantitative estimate of drug-likeness (QED) is 0.0237. The number of phenols is 1. The second-order valence-corrected chi connectivity index (χ2v) is 27.4. The van der Waals surface area contributed by atoms with E-state index in [1.165, 1.54) is 67.4 Å². The zero-order valence-electron chi connectivity index (χ0n) is 61.6. The molecule has 12 amide bonds. The SMILES string of the molecule is CC[C@H](C)[C@H](NC(=O)[C@H](Cc1cnc[nH]1)NC(=O)[C@@H](N)CCCCN)C(=O)N[C@@H](CC(=O)O)C(=O)N[C@@H](C)C(=O)N[C@@H](Cc1ccc(O)cc1)C(=O)N[C@@H](CCCCN)C(=O)N[C@H](C(=O)N[C@@H](Cc1ccccc1)C(=O)N1CCC[C@H]1C(=O)N1CCC[C@H]1C(=O)N[C@H](C(=O)N[C@H](C(=O)O)[C@@H](C)O)[C@@H](C)O)[C@@H](C)O. The van der Waals surface area contributed by atoms with Crippen LogP contribution in [-0.2, 0) is 86.4 Å². The summed E-state index contributed by atoms with van der Waals surface area (Å²) in [6.07, 6.45) is -0.856. The number of unbranched alkanes of at least 4 members (excludes halogenated alkanes) is 2. The molecule has 0 radical (unpaired) electrons. The van der Waals surface area contributed by atoms with Crippen molar-refractivity contribution in [1.29, 1.82) is 0 Å². The highest BCUT2D eigenvalue weighted by molar-refractivity contribution is 6.01. The number of aromatic nitrogens is 2. The monoisotopic (exact) mass is 1520 g/mol. The van der Waals surface area contributed by atoms with Crippen molar-refractivity contribution in [1.82, 2.24) is 72.9 Å². The smallest absolute Gasteiger partial charge is 0.328 e. The van der Waals surface area contributed by atoms with Crippen molar-refractivity contribution < 1.29 is 97.8 Å². The average molecular weight is 1520 g/mol. The summed E-state index contributed by atoms with van der Waals surface area (Å²) < 4.78 is 0. The molecule has 108 heavy (non-hydrogen) atoms. The van der Waals surface area contributed by atoms with Gasteiger partial charge in [-0.05, 0) is 128 Å². The Morgan fingerprint density at radius 1 is 0.519 bits per heavy atom. The summed E-state index contributed by atoms with van der Waals surface area (Å²) in [6, 6.07) is -5.74. The summed E-state index contributed by atoms with van der Waals surface area (Å²) in [5.74, 6) is -15.2. The largest absolute Gasteiger partial charge is 0.508 e. The third kappa shape index (κ3) is 26.9. The number of aliphatic carboxylic acids is 2. The minimum absolute atomic E-state index is 0.00648. The van der Waals surface area contributed by atoms with Crippen molar-refractivity contribution >= 4 is 82.8 Å². The number of carbonyl (C=O) groups excluding carboxylic acids is 12. The number of nitrogens with zero attached hydrogens (tertiary/aromatic N) is 3. The first kappa shape index (κ1) is 88.4. The number of hydrogen-bond donors (Lipinski definition) is 20. The summed E-state index contributed by atoms with van der Waals surface area (Å²) in [6.45, 7) is 8.52. The van der Waals surface area contributed by atoms with Crippen LogP contribution in [0.15, 0.2) is 67.1 Å². The number of rotatable bonds is 44. The minimum Gasteiger partial charge on any atom is -0.508 e. The van der Waals surface area contributed by atoms with E-state index in [4.69, 9.17) is 17.2 Å². The Morgan fingerprint density at radius 3 is 1.58 bits per heavy atom. The number of likely N-dealkylation sites (tertiary alicyclic amines) is 2. The zero-order chi connectivity index (χ0) is 80.1. The molecule has 0 spiro atoms. The van der Waals surface area contributed by atoms with Gasteiger partial charge in [-0.25, -0.2) is 9.78 Å². The van der Waals surface area contributed by atoms with Gasteiger partial charge in [0.2, 0.25) is 70.9 Å². The maximum atomic E-state index is 15.0. The van der Waals surface area contributed by atoms with Crippen LogP contribution in [0.4, 0.5) is 0 Å². The van der Waals surface area contributed by atoms with Crippen LogP contribution in [0.5, 0.6) is 5.75 Å². The van der Waals surface area contributed by atoms with Crippen LogP contribution in [0.3, 0.4) is 0 Å². The Balaban J connectivity index is 1.34. The molecule has 2 aromatic carbocycles. The zero-order valence-corrected chi connectivity index (χ0v) is 61.6. The normalized spacial score (nSPS) is 18.3. The van der Waals surface area contributed by atoms with Crippen molar-refractivity contribution in [3.8, 4) is 5.75 Å². The van der Waals surface area contributed by atoms with E-state index >= 15 is 0 Å². The first-order valence-corrected chi connectivity index (χ1v) is 36.3. The molecule has 2 aliphatic rings. The van der Waals surface area contributed by atoms with E-state index in [9.17, 15) is 97.8 Å². The number of aliphatic hydroxyl groups excluding tert-OH is 3. The molecule has 1 aromatic heterocycles. The number of amides is 12. The number of carboxylic acid groups (broad SMARTS) is 2. The standard InChI is InChI=1S/C71H107N17O20/c1-7-37(2)55(83-64(100)49(33-44-35-75-36-76-44)80-60(96)46(74)19-11-13-27-72)66(102)81-50(34-54(93)94)62(98)77-38(3)59(95)79-48(31-43-23-25-45(92)26-24-43)63(99)78-47(20-12-14-28-73)61(97)84-56(39(4)89)67(103)82-51(32-42-17-9-8-10-18-42)69(105)88-30-16-22-53(88)70(106)87-29-15-21-52(87)65(101)85-57(40(5)90)68(104)86-58(41(6)91)71(107)108/h8-10,17-18,23-26,35-41,46-53,55-58,89-92H,7,11-16,19-22,27-34,72-74H2,1-6H3,(H,75,76)(H,77,98)(H,78,99)(H,79,95)(H,80,96)(H,81,102)(H,82,103)(H,83,100)(H,84,97)(H,85,101)(H,86,104)(H,93,94)(H,107,108)/t37-,38-,39+,40+,41+,46-,47-,48-,49-,50-,51-,52-,53-,55-,56-,57-,58-/m0/s1. The van der Waals surface area contributed by atoms with Gasteiger partial charge in [-0.15, -0.1) is 0 Å². The maximum Gasteiger partial charge on any atom is 0.328 e. The number of H-pyrrole nitrogens is 1. The molecule has 2 aliphatic heterocycles. The van der Waals surface area contributed by atoms with E-state index in [0.717, 1.165) is 6.92 Å². The lowest BCUT2D eigenvalue weighted by atomic mass is 9.96. The molecule has 596 valence electrons. The Labute approximate surface area is 624 Å². The number of imidazole rings is 1. The third-order valence-electron chi connectivity index (χ3n) is 18.8. The highest BCUT2D eigenvalue weighted by Gasteiger charge is 2.46. The predicted molar refractivity (Wildman–Crippen MR) is 387 cm³/mol. The van der Waals surface area contributed by atoms with Crippen molar-refractivity contribution in [2.24, 2.45) is 23.1 Å². The number of hydrogen-bond acceptors (Lipinski definition) is 22. The molecule has 0 bridgehead atoms. The fourth-order valence-electron chi connectivity index (χ4n) is 12.4. The van der Waals surface area contributed by atoms with Gasteiger partial charge < -0.3 is 116 Å². The number of carboxylic acids is 2. The summed E-state index contributed by atoms with van der Waals surface area (Å²) in [5.41, 5.74) is 18.9. The van der Waals surface area contributed by atoms with E-state index in [1.807, 2.05) is 0 Å². The second-order valence-electron chi connectivity index (χ2n) is 27.4. The van der Waals surface area contributed by atoms with Gasteiger partial charge in [0, 0.05) is 44.2 Å². The Hall–Kier alpha value is -10.2. The molecule has 17 atom stereocenters. The molecule has 2 saturated heterocycles. The molecular weight excluding hydrogens is 1410 g/mol. The Morgan fingerprint density at radius 2 is 1.00 bits per heavy atom. The van der Waals surface area contributed by atoms with Gasteiger partial charge in [-0.1, -0.05) is 69.2 Å². The number of nitrogens with two attached hydrogens (primary N) is 3. The Kier molecular flexibility index (Phi) is 35.7. The van der Waals surface area contributed by atoms with Gasteiger partial charge in [-0.3, -0.25) is 62.3 Å². The van der Waals surface area contributed by atoms with Gasteiger partial charge in [-0.2, -0.15) is 0 Å². The Bertz CT molecular complexity index is 3530. The number of nitrogens with one attached hydrogen (secondary N) is 11. The highest BCUT2D eigenvalue weighted by atomic mass is 16.4. The summed E-state index contributed by atoms with van der Waals surface area (Å²) in [4.78, 5) is 204. The van der Waals surface area contributed by atoms with Gasteiger partial charge >= 0.3 is 11.9 Å². The number of benzene rings is 2. The van der Waals surface area contributed by atoms with Crippen LogP contribution >= 0.6 is 0 Å². The predicted octanol–water partition coefficient (Wildman–Crippen LogP) is -4.67. The first-order chi connectivity index (χ1) is 51.2. The molecule has 37 nitrogen and oxygen atoms in total.